The van der Waals surface area contributed by atoms with Gasteiger partial charge in [-0.05, 0) is 37.6 Å². The highest BCUT2D eigenvalue weighted by atomic mass is 19.1. The van der Waals surface area contributed by atoms with Crippen molar-refractivity contribution in [1.29, 1.82) is 0 Å². The van der Waals surface area contributed by atoms with Gasteiger partial charge < -0.3 is 15.7 Å². The normalized spacial score (nSPS) is 11.9. The van der Waals surface area contributed by atoms with Crippen LogP contribution in [0.3, 0.4) is 0 Å². The number of urea groups is 1. The van der Waals surface area contributed by atoms with Gasteiger partial charge in [-0.3, -0.25) is 0 Å². The fourth-order valence-corrected chi connectivity index (χ4v) is 1.10. The van der Waals surface area contributed by atoms with Crippen LogP contribution in [0.1, 0.15) is 13.3 Å². The van der Waals surface area contributed by atoms with E-state index in [-0.39, 0.29) is 11.8 Å². The van der Waals surface area contributed by atoms with Gasteiger partial charge in [0.15, 0.2) is 0 Å². The number of nitrogens with one attached hydrogen (secondary N) is 2. The largest absolute Gasteiger partial charge is 0.393 e. The maximum Gasteiger partial charge on any atom is 0.319 e. The van der Waals surface area contributed by atoms with Gasteiger partial charge in [0.05, 0.1) is 6.10 Å². The molecule has 1 rings (SSSR count). The molecule has 4 nitrogen and oxygen atoms in total. The first-order valence-electron chi connectivity index (χ1n) is 5.06. The lowest BCUT2D eigenvalue weighted by Gasteiger charge is -2.08. The summed E-state index contributed by atoms with van der Waals surface area (Å²) < 4.78 is 12.6. The summed E-state index contributed by atoms with van der Waals surface area (Å²) in [5.41, 5.74) is 0.524. The Balaban J connectivity index is 2.31. The molecule has 1 aromatic carbocycles. The Labute approximate surface area is 93.5 Å². The van der Waals surface area contributed by atoms with E-state index in [4.69, 9.17) is 5.11 Å². The standard InChI is InChI=1S/C11H15FN2O2/c1-8(15)6-7-13-11(16)14-10-4-2-9(12)3-5-10/h2-5,8,15H,6-7H2,1H3,(H2,13,14,16). The SMILES string of the molecule is CC(O)CCNC(=O)Nc1ccc(F)cc1. The molecule has 0 aliphatic carbocycles. The molecular formula is C11H15FN2O2. The zero-order valence-electron chi connectivity index (χ0n) is 9.03. The minimum absolute atomic E-state index is 0.347. The van der Waals surface area contributed by atoms with E-state index < -0.39 is 6.10 Å². The van der Waals surface area contributed by atoms with Crippen molar-refractivity contribution in [2.75, 3.05) is 11.9 Å². The maximum absolute atomic E-state index is 12.6. The molecule has 0 saturated carbocycles. The third-order valence-electron chi connectivity index (χ3n) is 1.95. The number of halogens is 1. The van der Waals surface area contributed by atoms with E-state index in [9.17, 15) is 9.18 Å². The molecule has 0 fully saturated rings. The van der Waals surface area contributed by atoms with Crippen LogP contribution >= 0.6 is 0 Å². The number of carbonyl (C=O) groups excluding carboxylic acids is 1. The molecule has 0 aliphatic rings. The average molecular weight is 226 g/mol. The number of carbonyl (C=O) groups is 1. The second-order valence-electron chi connectivity index (χ2n) is 3.53. The molecule has 0 spiro atoms. The molecule has 3 N–H and O–H groups in total. The maximum atomic E-state index is 12.6. The van der Waals surface area contributed by atoms with Gasteiger partial charge in [0.2, 0.25) is 0 Å². The third kappa shape index (κ3) is 4.75. The van der Waals surface area contributed by atoms with E-state index >= 15 is 0 Å². The van der Waals surface area contributed by atoms with Crippen molar-refractivity contribution in [3.05, 3.63) is 30.1 Å². The van der Waals surface area contributed by atoms with Gasteiger partial charge in [0.1, 0.15) is 5.82 Å². The van der Waals surface area contributed by atoms with Crippen molar-refractivity contribution in [2.24, 2.45) is 0 Å². The Kier molecular flexibility index (Phi) is 4.72. The van der Waals surface area contributed by atoms with Crippen molar-refractivity contribution in [1.82, 2.24) is 5.32 Å². The number of aliphatic hydroxyl groups excluding tert-OH is 1. The number of benzene rings is 1. The monoisotopic (exact) mass is 226 g/mol. The van der Waals surface area contributed by atoms with Crippen LogP contribution in [-0.4, -0.2) is 23.8 Å². The summed E-state index contributed by atoms with van der Waals surface area (Å²) >= 11 is 0. The lowest BCUT2D eigenvalue weighted by atomic mass is 10.3. The highest BCUT2D eigenvalue weighted by Gasteiger charge is 2.02. The highest BCUT2D eigenvalue weighted by Crippen LogP contribution is 2.07. The molecule has 1 atom stereocenters. The minimum Gasteiger partial charge on any atom is -0.393 e. The summed E-state index contributed by atoms with van der Waals surface area (Å²) in [4.78, 5) is 11.3. The molecule has 88 valence electrons. The van der Waals surface area contributed by atoms with Crippen molar-refractivity contribution in [2.45, 2.75) is 19.4 Å². The molecule has 0 aliphatic heterocycles. The summed E-state index contributed by atoms with van der Waals surface area (Å²) in [5, 5.41) is 14.1. The second-order valence-corrected chi connectivity index (χ2v) is 3.53. The van der Waals surface area contributed by atoms with Crippen LogP contribution in [0.15, 0.2) is 24.3 Å². The summed E-state index contributed by atoms with van der Waals surface area (Å²) in [5.74, 6) is -0.347. The van der Waals surface area contributed by atoms with Crippen LogP contribution in [0, 0.1) is 5.82 Å². The first-order chi connectivity index (χ1) is 7.58. The van der Waals surface area contributed by atoms with Crippen molar-refractivity contribution >= 4 is 11.7 Å². The lowest BCUT2D eigenvalue weighted by Crippen LogP contribution is -2.30. The fraction of sp³-hybridized carbons (Fsp3) is 0.364. The third-order valence-corrected chi connectivity index (χ3v) is 1.95. The molecule has 1 unspecified atom stereocenters. The van der Waals surface area contributed by atoms with Gasteiger partial charge in [0.25, 0.3) is 0 Å². The first-order valence-corrected chi connectivity index (χ1v) is 5.06. The summed E-state index contributed by atoms with van der Waals surface area (Å²) in [6.07, 6.45) is 0.0581. The van der Waals surface area contributed by atoms with Crippen molar-refractivity contribution < 1.29 is 14.3 Å². The topological polar surface area (TPSA) is 61.4 Å². The number of hydrogen-bond donors (Lipinski definition) is 3. The number of hydrogen-bond acceptors (Lipinski definition) is 2. The minimum atomic E-state index is -0.439. The van der Waals surface area contributed by atoms with E-state index in [1.54, 1.807) is 6.92 Å². The zero-order valence-corrected chi connectivity index (χ0v) is 9.03. The van der Waals surface area contributed by atoms with E-state index in [2.05, 4.69) is 10.6 Å². The van der Waals surface area contributed by atoms with Crippen molar-refractivity contribution in [3.63, 3.8) is 0 Å². The van der Waals surface area contributed by atoms with Gasteiger partial charge >= 0.3 is 6.03 Å². The number of rotatable bonds is 4. The van der Waals surface area contributed by atoms with Gasteiger partial charge in [-0.2, -0.15) is 0 Å². The van der Waals surface area contributed by atoms with Gasteiger partial charge in [-0.1, -0.05) is 0 Å². The first kappa shape index (κ1) is 12.4. The van der Waals surface area contributed by atoms with Crippen LogP contribution in [0.4, 0.5) is 14.9 Å². The van der Waals surface area contributed by atoms with E-state index in [0.29, 0.717) is 18.7 Å². The zero-order chi connectivity index (χ0) is 12.0. The molecule has 0 aromatic heterocycles. The summed E-state index contributed by atoms with van der Waals surface area (Å²) in [6, 6.07) is 5.12. The Morgan fingerprint density at radius 1 is 1.44 bits per heavy atom. The molecule has 1 aromatic rings. The number of amides is 2. The summed E-state index contributed by atoms with van der Waals surface area (Å²) in [7, 11) is 0. The molecule has 0 saturated heterocycles. The van der Waals surface area contributed by atoms with Crippen molar-refractivity contribution in [3.8, 4) is 0 Å². The Bertz CT molecular complexity index is 338. The molecule has 5 heteroatoms. The van der Waals surface area contributed by atoms with Crippen LogP contribution < -0.4 is 10.6 Å². The van der Waals surface area contributed by atoms with Crippen LogP contribution in [-0.2, 0) is 0 Å². The fourth-order valence-electron chi connectivity index (χ4n) is 1.10. The Hall–Kier alpha value is -1.62. The molecule has 2 amide bonds. The van der Waals surface area contributed by atoms with E-state index in [1.807, 2.05) is 0 Å². The number of anilines is 1. The Morgan fingerprint density at radius 3 is 2.62 bits per heavy atom. The van der Waals surface area contributed by atoms with E-state index in [1.165, 1.54) is 24.3 Å². The van der Waals surface area contributed by atoms with Gasteiger partial charge in [0, 0.05) is 12.2 Å². The smallest absolute Gasteiger partial charge is 0.319 e. The van der Waals surface area contributed by atoms with E-state index in [0.717, 1.165) is 0 Å². The number of aliphatic hydroxyl groups is 1. The Morgan fingerprint density at radius 2 is 2.06 bits per heavy atom. The quantitative estimate of drug-likeness (QED) is 0.732. The lowest BCUT2D eigenvalue weighted by molar-refractivity contribution is 0.184. The average Bonchev–Trinajstić information content (AvgIpc) is 2.21. The van der Waals surface area contributed by atoms with Gasteiger partial charge in [-0.25, -0.2) is 9.18 Å². The highest BCUT2D eigenvalue weighted by molar-refractivity contribution is 5.89. The van der Waals surface area contributed by atoms with Gasteiger partial charge in [-0.15, -0.1) is 0 Å². The second kappa shape index (κ2) is 6.07. The molecular weight excluding hydrogens is 211 g/mol. The molecule has 0 bridgehead atoms. The van der Waals surface area contributed by atoms with Crippen LogP contribution in [0.5, 0.6) is 0 Å². The van der Waals surface area contributed by atoms with Crippen LogP contribution in [0.25, 0.3) is 0 Å². The van der Waals surface area contributed by atoms with Crippen LogP contribution in [0.2, 0.25) is 0 Å². The summed E-state index contributed by atoms with van der Waals surface area (Å²) in [6.45, 7) is 2.05. The predicted molar refractivity (Wildman–Crippen MR) is 59.7 cm³/mol. The predicted octanol–water partition coefficient (Wildman–Crippen LogP) is 1.72. The molecule has 0 heterocycles. The molecule has 16 heavy (non-hydrogen) atoms. The molecule has 0 radical (unpaired) electrons.